The summed E-state index contributed by atoms with van der Waals surface area (Å²) in [6, 6.07) is 14.9. The molecular weight excluding hydrogens is 881 g/mol. The average molecular weight is 924 g/mol. The van der Waals surface area contributed by atoms with Gasteiger partial charge in [0.05, 0.1) is 46.7 Å². The highest BCUT2D eigenvalue weighted by molar-refractivity contribution is 6.53. The van der Waals surface area contributed by atoms with E-state index in [1.165, 1.54) is 4.90 Å². The minimum atomic E-state index is -4.58. The second-order valence-electron chi connectivity index (χ2n) is 13.4. The number of nitro benzene ring substituents is 1. The number of para-hydroxylation sites is 1. The molecule has 1 N–H and O–H groups in total. The first-order chi connectivity index (χ1) is 28.1. The summed E-state index contributed by atoms with van der Waals surface area (Å²) in [7, 11) is 1.64. The van der Waals surface area contributed by atoms with Gasteiger partial charge in [-0.25, -0.2) is 4.79 Å². The third-order valence-electron chi connectivity index (χ3n) is 8.80. The van der Waals surface area contributed by atoms with Crippen molar-refractivity contribution in [3.05, 3.63) is 116 Å². The van der Waals surface area contributed by atoms with Crippen LogP contribution in [0.4, 0.5) is 24.5 Å². The topological polar surface area (TPSA) is 162 Å². The van der Waals surface area contributed by atoms with Crippen molar-refractivity contribution in [2.45, 2.75) is 69.9 Å². The van der Waals surface area contributed by atoms with Crippen molar-refractivity contribution >= 4 is 75.6 Å². The zero-order valence-electron chi connectivity index (χ0n) is 33.1. The number of aromatic carboxylic acids is 1. The number of nitrogens with zero attached hydrogens (tertiary/aromatic N) is 3. The number of carboxylic acid groups (broad SMARTS) is 1. The predicted octanol–water partition coefficient (Wildman–Crippen LogP) is 10.6. The van der Waals surface area contributed by atoms with Gasteiger partial charge in [-0.15, -0.1) is 11.6 Å². The molecular formula is C40H42Cl4F3N3O10. The Balaban J connectivity index is 0.000000244. The second-order valence-corrected chi connectivity index (χ2v) is 15.2. The predicted molar refractivity (Wildman–Crippen MR) is 221 cm³/mol. The quantitative estimate of drug-likeness (QED) is 0.0822. The molecule has 0 bridgehead atoms. The number of hydrogen-bond donors (Lipinski definition) is 1. The zero-order chi connectivity index (χ0) is 45.1. The first-order valence-electron chi connectivity index (χ1n) is 17.9. The number of rotatable bonds is 12. The Bertz CT molecular complexity index is 2120. The summed E-state index contributed by atoms with van der Waals surface area (Å²) >= 11 is 22.7. The van der Waals surface area contributed by atoms with Crippen LogP contribution < -0.4 is 9.64 Å². The van der Waals surface area contributed by atoms with Gasteiger partial charge >= 0.3 is 12.1 Å². The van der Waals surface area contributed by atoms with E-state index in [1.54, 1.807) is 38.2 Å². The standard InChI is InChI=1S/C15H22ClNO2.C14H7ClF3NO5.C11H13Cl2NO3/c1-5-13-8-6-7-11(2)15(13)17(14(18)9-16)12(3)10-19-4;15-10-5-7(14(16,17)18)1-4-12(10)24-8-2-3-11(19(22)23)9(6-8)13(20)21;1-11(2)14(10(15)9(12)13)6-8(17-11)7-4-3-5-16-7/h6-8,12H,5,9-10H2,1-4H3;1-6H,(H,20,21);3-5,8-9H,6H2,1-2H3. The van der Waals surface area contributed by atoms with Crippen molar-refractivity contribution < 1.29 is 56.2 Å². The molecule has 3 aromatic carbocycles. The maximum atomic E-state index is 12.6. The molecule has 2 heterocycles. The largest absolute Gasteiger partial charge is 0.477 e. The number of ether oxygens (including phenoxy) is 3. The minimum Gasteiger partial charge on any atom is -0.477 e. The monoisotopic (exact) mass is 921 g/mol. The Kier molecular flexibility index (Phi) is 18.1. The van der Waals surface area contributed by atoms with Gasteiger partial charge in [-0.3, -0.25) is 19.7 Å². The van der Waals surface area contributed by atoms with E-state index in [4.69, 9.17) is 70.1 Å². The average Bonchev–Trinajstić information content (AvgIpc) is 3.83. The lowest BCUT2D eigenvalue weighted by Crippen LogP contribution is -2.45. The number of halogens is 7. The van der Waals surface area contributed by atoms with E-state index in [0.29, 0.717) is 25.0 Å². The number of alkyl halides is 6. The normalized spacial score (nSPS) is 15.0. The fourth-order valence-corrected chi connectivity index (χ4v) is 6.63. The summed E-state index contributed by atoms with van der Waals surface area (Å²) < 4.78 is 59.1. The highest BCUT2D eigenvalue weighted by Gasteiger charge is 2.45. The number of nitro groups is 1. The molecule has 0 aliphatic carbocycles. The molecule has 5 rings (SSSR count). The maximum Gasteiger partial charge on any atom is 0.416 e. The fourth-order valence-electron chi connectivity index (χ4n) is 6.05. The lowest BCUT2D eigenvalue weighted by atomic mass is 10.0. The maximum absolute atomic E-state index is 12.6. The summed E-state index contributed by atoms with van der Waals surface area (Å²) in [5.74, 6) is -1.61. The Morgan fingerprint density at radius 2 is 1.78 bits per heavy atom. The van der Waals surface area contributed by atoms with Gasteiger partial charge in [0.1, 0.15) is 40.5 Å². The Labute approximate surface area is 363 Å². The molecule has 2 amide bonds. The van der Waals surface area contributed by atoms with E-state index in [-0.39, 0.29) is 46.4 Å². The van der Waals surface area contributed by atoms with Gasteiger partial charge < -0.3 is 33.5 Å². The van der Waals surface area contributed by atoms with E-state index in [9.17, 15) is 37.7 Å². The number of carboxylic acids is 1. The van der Waals surface area contributed by atoms with E-state index in [1.807, 2.05) is 32.0 Å². The van der Waals surface area contributed by atoms with Crippen LogP contribution in [0.25, 0.3) is 0 Å². The molecule has 20 heteroatoms. The number of carbonyl (C=O) groups excluding carboxylic acids is 2. The molecule has 2 atom stereocenters. The van der Waals surface area contributed by atoms with Crippen molar-refractivity contribution in [1.29, 1.82) is 0 Å². The Morgan fingerprint density at radius 3 is 2.30 bits per heavy atom. The molecule has 2 unspecified atom stereocenters. The first kappa shape index (κ1) is 49.8. The van der Waals surface area contributed by atoms with E-state index in [2.05, 4.69) is 13.0 Å². The molecule has 0 radical (unpaired) electrons. The van der Waals surface area contributed by atoms with Crippen LogP contribution in [-0.4, -0.2) is 75.5 Å². The van der Waals surface area contributed by atoms with Gasteiger partial charge in [0.15, 0.2) is 4.84 Å². The summed E-state index contributed by atoms with van der Waals surface area (Å²) in [6.45, 7) is 10.5. The second kappa shape index (κ2) is 21.8. The van der Waals surface area contributed by atoms with Gasteiger partial charge in [0.2, 0.25) is 5.91 Å². The van der Waals surface area contributed by atoms with E-state index >= 15 is 0 Å². The van der Waals surface area contributed by atoms with Gasteiger partial charge in [-0.1, -0.05) is 59.9 Å². The molecule has 1 saturated heterocycles. The van der Waals surface area contributed by atoms with Crippen molar-refractivity contribution in [1.82, 2.24) is 4.90 Å². The van der Waals surface area contributed by atoms with Crippen molar-refractivity contribution in [3.8, 4) is 11.5 Å². The van der Waals surface area contributed by atoms with Crippen molar-refractivity contribution in [2.24, 2.45) is 0 Å². The van der Waals surface area contributed by atoms with Crippen LogP contribution in [0, 0.1) is 17.0 Å². The zero-order valence-corrected chi connectivity index (χ0v) is 36.1. The highest BCUT2D eigenvalue weighted by Crippen LogP contribution is 2.38. The third kappa shape index (κ3) is 13.0. The fraction of sp³-hybridized carbons (Fsp3) is 0.375. The Morgan fingerprint density at radius 1 is 1.10 bits per heavy atom. The van der Waals surface area contributed by atoms with Crippen molar-refractivity contribution in [2.75, 3.05) is 31.0 Å². The summed E-state index contributed by atoms with van der Waals surface area (Å²) in [6.07, 6.45) is -2.41. The number of carbonyl (C=O) groups is 3. The van der Waals surface area contributed by atoms with Gasteiger partial charge in [0.25, 0.3) is 11.6 Å². The molecule has 1 aliphatic heterocycles. The van der Waals surface area contributed by atoms with E-state index < -0.39 is 44.4 Å². The molecule has 1 aromatic heterocycles. The lowest BCUT2D eigenvalue weighted by molar-refractivity contribution is -0.385. The van der Waals surface area contributed by atoms with Crippen LogP contribution in [-0.2, 0) is 31.7 Å². The number of benzene rings is 3. The minimum absolute atomic E-state index is 0.0223. The number of methoxy groups -OCH3 is 1. The van der Waals surface area contributed by atoms with Crippen LogP contribution in [0.3, 0.4) is 0 Å². The molecule has 13 nitrogen and oxygen atoms in total. The molecule has 1 aliphatic rings. The SMILES string of the molecule is CC1(C)OC(c2ccco2)CN1C(=O)C(Cl)Cl.CCc1cccc(C)c1N(C(=O)CCl)C(C)COC.O=C(O)c1cc(Oc2ccc(C(F)(F)F)cc2Cl)ccc1[N+](=O)[O-]. The van der Waals surface area contributed by atoms with Gasteiger partial charge in [0, 0.05) is 19.2 Å². The van der Waals surface area contributed by atoms with Crippen LogP contribution in [0.2, 0.25) is 5.02 Å². The summed E-state index contributed by atoms with van der Waals surface area (Å²) in [5, 5.41) is 19.4. The highest BCUT2D eigenvalue weighted by atomic mass is 35.5. The molecule has 326 valence electrons. The number of aryl methyl sites for hydroxylation is 2. The lowest BCUT2D eigenvalue weighted by Gasteiger charge is -2.31. The van der Waals surface area contributed by atoms with Crippen molar-refractivity contribution in [3.63, 3.8) is 0 Å². The molecule has 1 fully saturated rings. The summed E-state index contributed by atoms with van der Waals surface area (Å²) in [4.78, 5) is 47.1. The van der Waals surface area contributed by atoms with Gasteiger partial charge in [-0.05, 0) is 81.6 Å². The number of hydrogen-bond acceptors (Lipinski definition) is 9. The number of amides is 2. The van der Waals surface area contributed by atoms with Crippen LogP contribution in [0.15, 0.2) is 77.4 Å². The molecule has 0 spiro atoms. The van der Waals surface area contributed by atoms with Gasteiger partial charge in [-0.2, -0.15) is 13.2 Å². The molecule has 0 saturated carbocycles. The summed E-state index contributed by atoms with van der Waals surface area (Å²) in [5.41, 5.74) is 0.224. The Hall–Kier alpha value is -4.58. The number of furan rings is 1. The number of anilines is 1. The van der Waals surface area contributed by atoms with E-state index in [0.717, 1.165) is 53.6 Å². The third-order valence-corrected chi connectivity index (χ3v) is 9.70. The van der Waals surface area contributed by atoms with Crippen LogP contribution in [0.1, 0.15) is 66.6 Å². The van der Waals surface area contributed by atoms with Crippen LogP contribution >= 0.6 is 46.4 Å². The molecule has 4 aromatic rings. The van der Waals surface area contributed by atoms with Crippen LogP contribution in [0.5, 0.6) is 11.5 Å². The smallest absolute Gasteiger partial charge is 0.416 e. The molecule has 60 heavy (non-hydrogen) atoms. The first-order valence-corrected chi connectivity index (χ1v) is 19.7.